The first-order valence-corrected chi connectivity index (χ1v) is 14.2. The van der Waals surface area contributed by atoms with E-state index < -0.39 is 22.0 Å². The Balaban J connectivity index is 0.00000961. The molecule has 0 N–H and O–H groups in total. The number of hydrogen-bond donors (Lipinski definition) is 0. The van der Waals surface area contributed by atoms with Crippen LogP contribution in [-0.2, 0) is 23.0 Å². The first-order valence-electron chi connectivity index (χ1n) is 12.6. The van der Waals surface area contributed by atoms with E-state index in [-0.39, 0.29) is 29.6 Å². The van der Waals surface area contributed by atoms with Crippen LogP contribution in [0, 0.1) is 0 Å². The number of hydrogen-bond acceptors (Lipinski definition) is 4. The third kappa shape index (κ3) is 15.7. The van der Waals surface area contributed by atoms with Crippen molar-refractivity contribution in [2.75, 3.05) is 5.75 Å². The average molecular weight is 477 g/mol. The van der Waals surface area contributed by atoms with Crippen LogP contribution in [0.2, 0.25) is 0 Å². The molecule has 1 atom stereocenters. The Morgan fingerprint density at radius 1 is 0.781 bits per heavy atom. The zero-order valence-corrected chi connectivity index (χ0v) is 24.0. The van der Waals surface area contributed by atoms with Crippen LogP contribution >= 0.6 is 0 Å². The molecule has 1 rings (SSSR count). The van der Waals surface area contributed by atoms with Crippen LogP contribution in [0.1, 0.15) is 115 Å². The van der Waals surface area contributed by atoms with Crippen LogP contribution in [0.4, 0.5) is 0 Å². The molecule has 1 aromatic rings. The van der Waals surface area contributed by atoms with Gasteiger partial charge in [0.15, 0.2) is 0 Å². The van der Waals surface area contributed by atoms with Gasteiger partial charge in [0.25, 0.3) is 0 Å². The van der Waals surface area contributed by atoms with E-state index >= 15 is 0 Å². The van der Waals surface area contributed by atoms with Gasteiger partial charge in [-0.25, -0.2) is 8.42 Å². The minimum atomic E-state index is -4.30. The minimum absolute atomic E-state index is 0. The van der Waals surface area contributed by atoms with Crippen LogP contribution in [0.25, 0.3) is 0 Å². The Bertz CT molecular complexity index is 691. The first kappa shape index (κ1) is 31.9. The molecule has 180 valence electrons. The summed E-state index contributed by atoms with van der Waals surface area (Å²) in [5.74, 6) is 0.207. The minimum Gasteiger partial charge on any atom is -0.748 e. The van der Waals surface area contributed by atoms with E-state index in [1.165, 1.54) is 88.2 Å². The monoisotopic (exact) mass is 476 g/mol. The summed E-state index contributed by atoms with van der Waals surface area (Å²) in [5.41, 5.74) is 2.71. The van der Waals surface area contributed by atoms with Gasteiger partial charge in [0.1, 0.15) is 11.9 Å². The zero-order chi connectivity index (χ0) is 23.0. The number of rotatable bonds is 19. The van der Waals surface area contributed by atoms with E-state index in [4.69, 9.17) is 4.74 Å². The van der Waals surface area contributed by atoms with Crippen LogP contribution in [0.3, 0.4) is 0 Å². The molecule has 32 heavy (non-hydrogen) atoms. The van der Waals surface area contributed by atoms with Crippen molar-refractivity contribution in [1.82, 2.24) is 0 Å². The van der Waals surface area contributed by atoms with E-state index in [1.54, 1.807) is 0 Å². The molecule has 0 aliphatic carbocycles. The normalized spacial score (nSPS) is 12.4. The molecule has 0 saturated carbocycles. The molecule has 0 spiro atoms. The fourth-order valence-electron chi connectivity index (χ4n) is 4.00. The fraction of sp³-hybridized carbons (Fsp3) is 0.769. The van der Waals surface area contributed by atoms with Gasteiger partial charge >= 0.3 is 29.6 Å². The largest absolute Gasteiger partial charge is 1.00 e. The maximum absolute atomic E-state index is 11.1. The van der Waals surface area contributed by atoms with Gasteiger partial charge in [-0.15, -0.1) is 0 Å². The average Bonchev–Trinajstić information content (AvgIpc) is 2.72. The Morgan fingerprint density at radius 3 is 1.78 bits per heavy atom. The van der Waals surface area contributed by atoms with Crippen molar-refractivity contribution in [3.63, 3.8) is 0 Å². The van der Waals surface area contributed by atoms with Crippen molar-refractivity contribution >= 4 is 10.1 Å². The van der Waals surface area contributed by atoms with Crippen molar-refractivity contribution in [1.29, 1.82) is 0 Å². The van der Waals surface area contributed by atoms with Crippen LogP contribution < -0.4 is 34.3 Å². The maximum Gasteiger partial charge on any atom is 1.00 e. The molecule has 0 bridgehead atoms. The molecule has 4 nitrogen and oxygen atoms in total. The maximum atomic E-state index is 11.1. The van der Waals surface area contributed by atoms with E-state index in [1.807, 2.05) is 13.0 Å². The molecule has 0 aliphatic heterocycles. The SMILES string of the molecule is CCCCCCCCc1ccc(OC(CC)CS(=O)(=O)[O-])cc1CCCCCCCC.[Na+]. The van der Waals surface area contributed by atoms with Gasteiger partial charge < -0.3 is 9.29 Å². The molecule has 1 aromatic carbocycles. The van der Waals surface area contributed by atoms with Gasteiger partial charge in [0.05, 0.1) is 15.9 Å². The van der Waals surface area contributed by atoms with E-state index in [2.05, 4.69) is 26.0 Å². The second-order valence-corrected chi connectivity index (χ2v) is 10.3. The Labute approximate surface area is 220 Å². The summed E-state index contributed by atoms with van der Waals surface area (Å²) in [5, 5.41) is 0. The standard InChI is InChI=1S/C26H46O4S.Na/c1-4-7-9-11-13-15-17-23-19-20-26(30-25(6-3)22-31(27,28)29)21-24(23)18-16-14-12-10-8-5-2;/h19-21,25H,4-18,22H2,1-3H3,(H,27,28,29);/q;+1/p-1. The molecule has 6 heteroatoms. The van der Waals surface area contributed by atoms with E-state index in [0.29, 0.717) is 12.2 Å². The molecular weight excluding hydrogens is 431 g/mol. The van der Waals surface area contributed by atoms with Gasteiger partial charge in [-0.2, -0.15) is 0 Å². The van der Waals surface area contributed by atoms with E-state index in [9.17, 15) is 13.0 Å². The molecule has 0 aliphatic rings. The summed E-state index contributed by atoms with van der Waals surface area (Å²) in [6.45, 7) is 6.33. The summed E-state index contributed by atoms with van der Waals surface area (Å²) in [7, 11) is -4.30. The summed E-state index contributed by atoms with van der Waals surface area (Å²) in [6.07, 6.45) is 17.3. The van der Waals surface area contributed by atoms with Gasteiger partial charge in [0.2, 0.25) is 0 Å². The topological polar surface area (TPSA) is 66.4 Å². The van der Waals surface area contributed by atoms with Crippen molar-refractivity contribution in [2.45, 2.75) is 123 Å². The van der Waals surface area contributed by atoms with Crippen LogP contribution in [-0.4, -0.2) is 24.8 Å². The Hall–Kier alpha value is -0.0700. The van der Waals surface area contributed by atoms with Gasteiger partial charge in [-0.05, 0) is 55.4 Å². The number of ether oxygens (including phenoxy) is 1. The Morgan fingerprint density at radius 2 is 1.28 bits per heavy atom. The number of unbranched alkanes of at least 4 members (excludes halogenated alkanes) is 10. The molecule has 0 heterocycles. The second-order valence-electron chi connectivity index (χ2n) is 8.84. The quantitative estimate of drug-likeness (QED) is 0.171. The first-order chi connectivity index (χ1) is 14.9. The molecule has 0 fully saturated rings. The molecule has 0 saturated heterocycles. The van der Waals surface area contributed by atoms with Crippen LogP contribution in [0.5, 0.6) is 5.75 Å². The van der Waals surface area contributed by atoms with Crippen molar-refractivity contribution in [3.8, 4) is 5.75 Å². The van der Waals surface area contributed by atoms with Crippen LogP contribution in [0.15, 0.2) is 18.2 Å². The Kier molecular flexibility index (Phi) is 19.2. The van der Waals surface area contributed by atoms with Crippen molar-refractivity contribution in [3.05, 3.63) is 29.3 Å². The van der Waals surface area contributed by atoms with Crippen molar-refractivity contribution < 1.29 is 47.3 Å². The fourth-order valence-corrected chi connectivity index (χ4v) is 4.76. The predicted molar refractivity (Wildman–Crippen MR) is 130 cm³/mol. The number of aryl methyl sites for hydroxylation is 2. The molecule has 0 aromatic heterocycles. The molecule has 1 unspecified atom stereocenters. The third-order valence-corrected chi connectivity index (χ3v) is 6.71. The molecule has 0 amide bonds. The summed E-state index contributed by atoms with van der Waals surface area (Å²) in [6, 6.07) is 6.17. The smallest absolute Gasteiger partial charge is 0.748 e. The van der Waals surface area contributed by atoms with E-state index in [0.717, 1.165) is 12.8 Å². The molecule has 0 radical (unpaired) electrons. The summed E-state index contributed by atoms with van der Waals surface area (Å²) >= 11 is 0. The van der Waals surface area contributed by atoms with Gasteiger partial charge in [0, 0.05) is 0 Å². The predicted octanol–water partition coefficient (Wildman–Crippen LogP) is 4.20. The van der Waals surface area contributed by atoms with Gasteiger partial charge in [-0.3, -0.25) is 0 Å². The third-order valence-electron chi connectivity index (χ3n) is 5.93. The molecular formula is C26H45NaO4S. The zero-order valence-electron chi connectivity index (χ0n) is 21.2. The summed E-state index contributed by atoms with van der Waals surface area (Å²) < 4.78 is 39.3. The van der Waals surface area contributed by atoms with Crippen molar-refractivity contribution in [2.24, 2.45) is 0 Å². The van der Waals surface area contributed by atoms with Gasteiger partial charge in [-0.1, -0.05) is 91.0 Å². The summed E-state index contributed by atoms with van der Waals surface area (Å²) in [4.78, 5) is 0. The number of benzene rings is 1. The second kappa shape index (κ2) is 19.3.